The number of para-hydroxylation sites is 1. The Bertz CT molecular complexity index is 665. The number of rotatable bonds is 5. The second-order valence-electron chi connectivity index (χ2n) is 6.60. The minimum Gasteiger partial charge on any atom is -0.374 e. The number of carbonyl (C=O) groups excluding carboxylic acids is 1. The summed E-state index contributed by atoms with van der Waals surface area (Å²) in [6.45, 7) is 8.67. The summed E-state index contributed by atoms with van der Waals surface area (Å²) >= 11 is 0. The largest absolute Gasteiger partial charge is 0.374 e. The molecule has 2 heterocycles. The zero-order valence-corrected chi connectivity index (χ0v) is 13.8. The van der Waals surface area contributed by atoms with Gasteiger partial charge < -0.3 is 15.0 Å². The van der Waals surface area contributed by atoms with Gasteiger partial charge in [0.1, 0.15) is 0 Å². The number of amides is 1. The van der Waals surface area contributed by atoms with E-state index in [1.807, 2.05) is 24.3 Å². The van der Waals surface area contributed by atoms with Crippen LogP contribution in [-0.2, 0) is 4.74 Å². The molecule has 1 aliphatic rings. The summed E-state index contributed by atoms with van der Waals surface area (Å²) < 4.78 is 5.78. The molecule has 1 saturated heterocycles. The van der Waals surface area contributed by atoms with E-state index in [1.54, 1.807) is 6.20 Å². The van der Waals surface area contributed by atoms with Gasteiger partial charge in [-0.2, -0.15) is 0 Å². The minimum atomic E-state index is -0.0490. The third kappa shape index (κ3) is 3.92. The van der Waals surface area contributed by atoms with Crippen LogP contribution >= 0.6 is 0 Å². The van der Waals surface area contributed by atoms with Crippen molar-refractivity contribution in [3.63, 3.8) is 0 Å². The van der Waals surface area contributed by atoms with E-state index >= 15 is 0 Å². The van der Waals surface area contributed by atoms with Crippen LogP contribution in [0.5, 0.6) is 0 Å². The van der Waals surface area contributed by atoms with Crippen LogP contribution in [0, 0.1) is 5.92 Å². The molecule has 2 aromatic rings. The number of hydrogen-bond donors (Lipinski definition) is 2. The van der Waals surface area contributed by atoms with Gasteiger partial charge in [0, 0.05) is 43.3 Å². The third-order valence-electron chi connectivity index (χ3n) is 4.17. The molecule has 2 N–H and O–H groups in total. The molecule has 1 fully saturated rings. The van der Waals surface area contributed by atoms with Crippen LogP contribution in [0.1, 0.15) is 24.2 Å². The summed E-state index contributed by atoms with van der Waals surface area (Å²) in [5.41, 5.74) is 1.67. The summed E-state index contributed by atoms with van der Waals surface area (Å²) in [7, 11) is 0. The molecule has 1 aromatic carbocycles. The van der Waals surface area contributed by atoms with Crippen molar-refractivity contribution in [1.82, 2.24) is 15.2 Å². The fourth-order valence-electron chi connectivity index (χ4n) is 3.15. The lowest BCUT2D eigenvalue weighted by molar-refractivity contribution is -0.0295. The number of benzene rings is 1. The molecule has 0 spiro atoms. The summed E-state index contributed by atoms with van der Waals surface area (Å²) in [6.07, 6.45) is 1.84. The topological polar surface area (TPSA) is 57.4 Å². The second kappa shape index (κ2) is 7.15. The lowest BCUT2D eigenvalue weighted by atomic mass is 10.1. The zero-order valence-electron chi connectivity index (χ0n) is 13.8. The van der Waals surface area contributed by atoms with Crippen LogP contribution in [0.15, 0.2) is 30.5 Å². The van der Waals surface area contributed by atoms with Crippen molar-refractivity contribution in [3.05, 3.63) is 36.0 Å². The molecule has 23 heavy (non-hydrogen) atoms. The Morgan fingerprint density at radius 2 is 2.26 bits per heavy atom. The van der Waals surface area contributed by atoms with E-state index in [0.717, 1.165) is 37.1 Å². The smallest absolute Gasteiger partial charge is 0.253 e. The van der Waals surface area contributed by atoms with Crippen LogP contribution in [0.25, 0.3) is 10.9 Å². The standard InChI is InChI=1S/C18H25N3O2/c1-13(2)11-21-7-8-23-14(12-21)9-20-18(22)16-10-19-17-6-4-3-5-15(16)17/h3-6,10,13-14,19H,7-9,11-12H2,1-2H3,(H,20,22)/t14-/m1/s1. The van der Waals surface area contributed by atoms with Crippen LogP contribution in [-0.4, -0.2) is 54.7 Å². The van der Waals surface area contributed by atoms with Crippen LogP contribution in [0.2, 0.25) is 0 Å². The molecule has 3 rings (SSSR count). The van der Waals surface area contributed by atoms with Gasteiger partial charge >= 0.3 is 0 Å². The number of carbonyl (C=O) groups is 1. The highest BCUT2D eigenvalue weighted by Crippen LogP contribution is 2.17. The van der Waals surface area contributed by atoms with E-state index in [2.05, 4.69) is 29.0 Å². The highest BCUT2D eigenvalue weighted by molar-refractivity contribution is 6.06. The molecule has 0 radical (unpaired) electrons. The molecule has 0 bridgehead atoms. The van der Waals surface area contributed by atoms with Crippen molar-refractivity contribution < 1.29 is 9.53 Å². The van der Waals surface area contributed by atoms with Crippen molar-refractivity contribution in [2.24, 2.45) is 5.92 Å². The molecular weight excluding hydrogens is 290 g/mol. The van der Waals surface area contributed by atoms with Crippen molar-refractivity contribution >= 4 is 16.8 Å². The van der Waals surface area contributed by atoms with E-state index in [9.17, 15) is 4.79 Å². The quantitative estimate of drug-likeness (QED) is 0.890. The van der Waals surface area contributed by atoms with Gasteiger partial charge in [-0.15, -0.1) is 0 Å². The van der Waals surface area contributed by atoms with Gasteiger partial charge in [0.05, 0.1) is 18.3 Å². The SMILES string of the molecule is CC(C)CN1CCO[C@H](CNC(=O)c2c[nH]c3ccccc23)C1. The minimum absolute atomic E-state index is 0.0490. The first-order chi connectivity index (χ1) is 11.1. The van der Waals surface area contributed by atoms with Crippen LogP contribution in [0.4, 0.5) is 0 Å². The van der Waals surface area contributed by atoms with Crippen molar-refractivity contribution in [2.75, 3.05) is 32.8 Å². The summed E-state index contributed by atoms with van der Waals surface area (Å²) in [5, 5.41) is 3.96. The molecule has 1 aliphatic heterocycles. The van der Waals surface area contributed by atoms with Crippen molar-refractivity contribution in [2.45, 2.75) is 20.0 Å². The number of aromatic nitrogens is 1. The maximum absolute atomic E-state index is 12.4. The van der Waals surface area contributed by atoms with Gasteiger partial charge in [-0.25, -0.2) is 0 Å². The number of aromatic amines is 1. The first-order valence-corrected chi connectivity index (χ1v) is 8.31. The molecule has 0 unspecified atom stereocenters. The highest BCUT2D eigenvalue weighted by Gasteiger charge is 2.22. The Hall–Kier alpha value is -1.85. The second-order valence-corrected chi connectivity index (χ2v) is 6.60. The number of nitrogens with one attached hydrogen (secondary N) is 2. The monoisotopic (exact) mass is 315 g/mol. The molecule has 5 nitrogen and oxygen atoms in total. The van der Waals surface area contributed by atoms with Gasteiger partial charge in [-0.3, -0.25) is 9.69 Å². The summed E-state index contributed by atoms with van der Waals surface area (Å²) in [4.78, 5) is 18.0. The number of nitrogens with zero attached hydrogens (tertiary/aromatic N) is 1. The Balaban J connectivity index is 1.56. The van der Waals surface area contributed by atoms with E-state index in [4.69, 9.17) is 4.74 Å². The number of H-pyrrole nitrogens is 1. The first-order valence-electron chi connectivity index (χ1n) is 8.31. The van der Waals surface area contributed by atoms with Crippen LogP contribution < -0.4 is 5.32 Å². The van der Waals surface area contributed by atoms with E-state index in [-0.39, 0.29) is 12.0 Å². The van der Waals surface area contributed by atoms with Gasteiger partial charge in [0.15, 0.2) is 0 Å². The molecule has 124 valence electrons. The molecule has 5 heteroatoms. The number of hydrogen-bond acceptors (Lipinski definition) is 3. The predicted molar refractivity (Wildman–Crippen MR) is 91.6 cm³/mol. The normalized spacial score (nSPS) is 19.3. The maximum atomic E-state index is 12.4. The van der Waals surface area contributed by atoms with Gasteiger partial charge in [0.2, 0.25) is 0 Å². The molecule has 1 aromatic heterocycles. The summed E-state index contributed by atoms with van der Waals surface area (Å²) in [6, 6.07) is 7.84. The zero-order chi connectivity index (χ0) is 16.2. The number of fused-ring (bicyclic) bond motifs is 1. The van der Waals surface area contributed by atoms with Crippen molar-refractivity contribution in [3.8, 4) is 0 Å². The molecule has 1 amide bonds. The predicted octanol–water partition coefficient (Wildman–Crippen LogP) is 2.25. The Morgan fingerprint density at radius 3 is 3.09 bits per heavy atom. The average Bonchev–Trinajstić information content (AvgIpc) is 2.96. The first kappa shape index (κ1) is 16.0. The van der Waals surface area contributed by atoms with Crippen molar-refractivity contribution in [1.29, 1.82) is 0 Å². The lowest BCUT2D eigenvalue weighted by Gasteiger charge is -2.33. The Kier molecular flexibility index (Phi) is 4.98. The van der Waals surface area contributed by atoms with Gasteiger partial charge in [0.25, 0.3) is 5.91 Å². The highest BCUT2D eigenvalue weighted by atomic mass is 16.5. The van der Waals surface area contributed by atoms with E-state index < -0.39 is 0 Å². The molecule has 0 aliphatic carbocycles. The fourth-order valence-corrected chi connectivity index (χ4v) is 3.15. The molecule has 1 atom stereocenters. The maximum Gasteiger partial charge on any atom is 0.253 e. The molecular formula is C18H25N3O2. The number of morpholine rings is 1. The van der Waals surface area contributed by atoms with E-state index in [0.29, 0.717) is 18.0 Å². The lowest BCUT2D eigenvalue weighted by Crippen LogP contribution is -2.48. The Labute approximate surface area is 137 Å². The van der Waals surface area contributed by atoms with Gasteiger partial charge in [-0.05, 0) is 12.0 Å². The Morgan fingerprint density at radius 1 is 1.43 bits per heavy atom. The molecule has 0 saturated carbocycles. The van der Waals surface area contributed by atoms with Gasteiger partial charge in [-0.1, -0.05) is 32.0 Å². The third-order valence-corrected chi connectivity index (χ3v) is 4.17. The summed E-state index contributed by atoms with van der Waals surface area (Å²) in [5.74, 6) is 0.599. The van der Waals surface area contributed by atoms with Crippen LogP contribution in [0.3, 0.4) is 0 Å². The number of ether oxygens (including phenoxy) is 1. The average molecular weight is 315 g/mol. The van der Waals surface area contributed by atoms with E-state index in [1.165, 1.54) is 0 Å². The fraction of sp³-hybridized carbons (Fsp3) is 0.500.